The summed E-state index contributed by atoms with van der Waals surface area (Å²) in [6, 6.07) is 2.99. The number of rotatable bonds is 5. The molecule has 0 amide bonds. The van der Waals surface area contributed by atoms with Crippen molar-refractivity contribution in [3.8, 4) is 22.8 Å². The molecule has 9 nitrogen and oxygen atoms in total. The van der Waals surface area contributed by atoms with Crippen LogP contribution in [0.5, 0.6) is 0 Å². The van der Waals surface area contributed by atoms with E-state index in [9.17, 15) is 13.2 Å². The van der Waals surface area contributed by atoms with E-state index < -0.39 is 12.1 Å². The highest BCUT2D eigenvalue weighted by molar-refractivity contribution is 5.87. The van der Waals surface area contributed by atoms with Gasteiger partial charge < -0.3 is 9.26 Å². The minimum atomic E-state index is -4.72. The van der Waals surface area contributed by atoms with Crippen LogP contribution in [0.4, 0.5) is 13.2 Å². The number of nitrogens with zero attached hydrogens (tertiary/aromatic N) is 7. The summed E-state index contributed by atoms with van der Waals surface area (Å²) in [5.41, 5.74) is 2.17. The van der Waals surface area contributed by atoms with Gasteiger partial charge in [-0.2, -0.15) is 23.3 Å². The molecule has 0 unspecified atom stereocenters. The average molecular weight is 391 g/mol. The number of hydrogen-bond acceptors (Lipinski definition) is 8. The molecule has 0 spiro atoms. The Kier molecular flexibility index (Phi) is 4.47. The maximum atomic E-state index is 12.7. The van der Waals surface area contributed by atoms with Crippen LogP contribution < -0.4 is 0 Å². The van der Waals surface area contributed by atoms with Gasteiger partial charge in [-0.15, -0.1) is 0 Å². The van der Waals surface area contributed by atoms with E-state index >= 15 is 0 Å². The van der Waals surface area contributed by atoms with E-state index in [4.69, 9.17) is 4.74 Å². The van der Waals surface area contributed by atoms with Gasteiger partial charge >= 0.3 is 12.1 Å². The summed E-state index contributed by atoms with van der Waals surface area (Å²) in [7, 11) is 1.57. The quantitative estimate of drug-likeness (QED) is 0.511. The zero-order chi connectivity index (χ0) is 19.7. The number of halogens is 3. The van der Waals surface area contributed by atoms with Crippen LogP contribution >= 0.6 is 0 Å². The molecule has 0 saturated heterocycles. The molecule has 0 N–H and O–H groups in total. The van der Waals surface area contributed by atoms with Crippen molar-refractivity contribution >= 4 is 11.2 Å². The SMILES string of the molecule is COCCn1nc(-c2cc(-c3noc(C(F)(F)F)n3)ccn2)c2nccnc21. The molecule has 4 aromatic rings. The summed E-state index contributed by atoms with van der Waals surface area (Å²) in [6.07, 6.45) is -0.233. The summed E-state index contributed by atoms with van der Waals surface area (Å²) in [5.74, 6) is -1.62. The molecule has 0 aliphatic rings. The highest BCUT2D eigenvalue weighted by atomic mass is 19.4. The van der Waals surface area contributed by atoms with E-state index in [2.05, 4.69) is 34.7 Å². The van der Waals surface area contributed by atoms with E-state index in [1.54, 1.807) is 18.0 Å². The van der Waals surface area contributed by atoms with E-state index in [-0.39, 0.29) is 5.82 Å². The van der Waals surface area contributed by atoms with Crippen LogP contribution in [0.1, 0.15) is 5.89 Å². The first kappa shape index (κ1) is 18.0. The van der Waals surface area contributed by atoms with Gasteiger partial charge in [0.05, 0.1) is 18.8 Å². The lowest BCUT2D eigenvalue weighted by Crippen LogP contribution is -2.06. The monoisotopic (exact) mass is 391 g/mol. The van der Waals surface area contributed by atoms with E-state index in [0.29, 0.717) is 41.3 Å². The fourth-order valence-corrected chi connectivity index (χ4v) is 2.56. The fraction of sp³-hybridized carbons (Fsp3) is 0.250. The molecular formula is C16H12F3N7O2. The summed E-state index contributed by atoms with van der Waals surface area (Å²) in [4.78, 5) is 16.2. The molecule has 0 fully saturated rings. The molecule has 144 valence electrons. The molecule has 0 aliphatic heterocycles. The summed E-state index contributed by atoms with van der Waals surface area (Å²) >= 11 is 0. The number of methoxy groups -OCH3 is 1. The molecule has 28 heavy (non-hydrogen) atoms. The largest absolute Gasteiger partial charge is 0.471 e. The van der Waals surface area contributed by atoms with Crippen molar-refractivity contribution in [1.82, 2.24) is 34.9 Å². The van der Waals surface area contributed by atoms with Crippen molar-refractivity contribution < 1.29 is 22.4 Å². The molecule has 0 aliphatic carbocycles. The maximum absolute atomic E-state index is 12.7. The number of aromatic nitrogens is 7. The predicted octanol–water partition coefficient (Wildman–Crippen LogP) is 2.60. The Balaban J connectivity index is 1.77. The van der Waals surface area contributed by atoms with E-state index in [1.165, 1.54) is 24.5 Å². The smallest absolute Gasteiger partial charge is 0.383 e. The maximum Gasteiger partial charge on any atom is 0.471 e. The van der Waals surface area contributed by atoms with Gasteiger partial charge in [0.2, 0.25) is 5.82 Å². The van der Waals surface area contributed by atoms with Gasteiger partial charge in [-0.1, -0.05) is 5.16 Å². The molecule has 0 saturated carbocycles. The number of ether oxygens (including phenoxy) is 1. The Labute approximate surface area is 155 Å². The van der Waals surface area contributed by atoms with Gasteiger partial charge in [-0.3, -0.25) is 4.98 Å². The first-order valence-electron chi connectivity index (χ1n) is 8.01. The van der Waals surface area contributed by atoms with Crippen LogP contribution in [-0.4, -0.2) is 48.6 Å². The van der Waals surface area contributed by atoms with Gasteiger partial charge in [-0.25, -0.2) is 14.6 Å². The molecular weight excluding hydrogens is 379 g/mol. The molecule has 4 aromatic heterocycles. The summed E-state index contributed by atoms with van der Waals surface area (Å²) in [6.45, 7) is 0.870. The van der Waals surface area contributed by atoms with Crippen LogP contribution in [0.15, 0.2) is 35.2 Å². The van der Waals surface area contributed by atoms with Gasteiger partial charge in [0.1, 0.15) is 11.2 Å². The number of hydrogen-bond donors (Lipinski definition) is 0. The lowest BCUT2D eigenvalue weighted by molar-refractivity contribution is -0.159. The van der Waals surface area contributed by atoms with Gasteiger partial charge in [-0.05, 0) is 12.1 Å². The second-order valence-electron chi connectivity index (χ2n) is 5.64. The van der Waals surface area contributed by atoms with Crippen molar-refractivity contribution in [2.24, 2.45) is 0 Å². The van der Waals surface area contributed by atoms with Gasteiger partial charge in [0.25, 0.3) is 0 Å². The first-order valence-corrected chi connectivity index (χ1v) is 8.01. The van der Waals surface area contributed by atoms with Crippen molar-refractivity contribution in [3.63, 3.8) is 0 Å². The molecule has 4 rings (SSSR count). The van der Waals surface area contributed by atoms with Crippen molar-refractivity contribution in [1.29, 1.82) is 0 Å². The highest BCUT2D eigenvalue weighted by Crippen LogP contribution is 2.31. The molecule has 0 bridgehead atoms. The second-order valence-corrected chi connectivity index (χ2v) is 5.64. The third-order valence-corrected chi connectivity index (χ3v) is 3.80. The lowest BCUT2D eigenvalue weighted by Gasteiger charge is -2.00. The van der Waals surface area contributed by atoms with Gasteiger partial charge in [0.15, 0.2) is 5.65 Å². The Bertz CT molecular complexity index is 1120. The average Bonchev–Trinajstić information content (AvgIpc) is 3.32. The summed E-state index contributed by atoms with van der Waals surface area (Å²) < 4.78 is 49.1. The second kappa shape index (κ2) is 6.96. The number of pyridine rings is 1. The van der Waals surface area contributed by atoms with Crippen LogP contribution in [0.2, 0.25) is 0 Å². The minimum absolute atomic E-state index is 0.204. The zero-order valence-corrected chi connectivity index (χ0v) is 14.4. The molecule has 0 aromatic carbocycles. The molecule has 0 radical (unpaired) electrons. The Morgan fingerprint density at radius 2 is 1.96 bits per heavy atom. The lowest BCUT2D eigenvalue weighted by atomic mass is 10.2. The van der Waals surface area contributed by atoms with E-state index in [0.717, 1.165) is 0 Å². The number of alkyl halides is 3. The molecule has 0 atom stereocenters. The van der Waals surface area contributed by atoms with Crippen LogP contribution in [-0.2, 0) is 17.5 Å². The van der Waals surface area contributed by atoms with Crippen molar-refractivity contribution in [3.05, 3.63) is 36.6 Å². The number of fused-ring (bicyclic) bond motifs is 1. The third kappa shape index (κ3) is 3.29. The zero-order valence-electron chi connectivity index (χ0n) is 14.4. The fourth-order valence-electron chi connectivity index (χ4n) is 2.56. The van der Waals surface area contributed by atoms with Gasteiger partial charge in [0, 0.05) is 31.3 Å². The van der Waals surface area contributed by atoms with Crippen LogP contribution in [0.3, 0.4) is 0 Å². The minimum Gasteiger partial charge on any atom is -0.383 e. The molecule has 4 heterocycles. The predicted molar refractivity (Wildman–Crippen MR) is 88.7 cm³/mol. The van der Waals surface area contributed by atoms with E-state index in [1.807, 2.05) is 0 Å². The Hall–Kier alpha value is -3.41. The Morgan fingerprint density at radius 1 is 1.14 bits per heavy atom. The van der Waals surface area contributed by atoms with Crippen molar-refractivity contribution in [2.45, 2.75) is 12.7 Å². The van der Waals surface area contributed by atoms with Crippen LogP contribution in [0, 0.1) is 0 Å². The first-order chi connectivity index (χ1) is 13.5. The normalized spacial score (nSPS) is 12.0. The van der Waals surface area contributed by atoms with Crippen LogP contribution in [0.25, 0.3) is 33.9 Å². The molecule has 12 heteroatoms. The topological polar surface area (TPSA) is 105 Å². The standard InChI is InChI=1S/C16H12F3N7O2/c1-27-7-6-26-14-12(21-4-5-22-14)11(24-26)10-8-9(2-3-20-10)13-23-15(28-25-13)16(17,18)19/h2-5,8H,6-7H2,1H3. The van der Waals surface area contributed by atoms with Crippen molar-refractivity contribution in [2.75, 3.05) is 13.7 Å². The summed E-state index contributed by atoms with van der Waals surface area (Å²) in [5, 5.41) is 7.87. The third-order valence-electron chi connectivity index (χ3n) is 3.80. The highest BCUT2D eigenvalue weighted by Gasteiger charge is 2.38. The Morgan fingerprint density at radius 3 is 2.71 bits per heavy atom.